The summed E-state index contributed by atoms with van der Waals surface area (Å²) < 4.78 is 77.2. The van der Waals surface area contributed by atoms with Crippen molar-refractivity contribution in [3.63, 3.8) is 0 Å². The molecule has 0 aliphatic rings. The minimum absolute atomic E-state index is 0.224. The summed E-state index contributed by atoms with van der Waals surface area (Å²) in [5.74, 6) is -1.31. The normalized spacial score (nSPS) is 12.0. The van der Waals surface area contributed by atoms with Crippen LogP contribution in [0.4, 0.5) is 23.2 Å². The zero-order valence-corrected chi connectivity index (χ0v) is 14.3. The van der Waals surface area contributed by atoms with E-state index in [0.29, 0.717) is 6.07 Å². The van der Waals surface area contributed by atoms with Gasteiger partial charge in [-0.25, -0.2) is 17.5 Å². The van der Waals surface area contributed by atoms with E-state index in [0.717, 1.165) is 24.3 Å². The van der Waals surface area contributed by atoms with Crippen LogP contribution in [0.15, 0.2) is 47.4 Å². The number of nitrogens with one attached hydrogen (secondary N) is 2. The van der Waals surface area contributed by atoms with Crippen molar-refractivity contribution in [3.8, 4) is 0 Å². The number of hydrogen-bond donors (Lipinski definition) is 2. The number of alkyl halides is 3. The highest BCUT2D eigenvalue weighted by atomic mass is 35.5. The minimum Gasteiger partial charge on any atom is -0.325 e. The Balaban J connectivity index is 2.09. The number of amides is 1. The third-order valence-electron chi connectivity index (χ3n) is 3.10. The Morgan fingerprint density at radius 3 is 2.27 bits per heavy atom. The molecule has 0 fully saturated rings. The van der Waals surface area contributed by atoms with Gasteiger partial charge in [0.05, 0.1) is 22.0 Å². The van der Waals surface area contributed by atoms with E-state index in [-0.39, 0.29) is 5.69 Å². The molecule has 0 aliphatic heterocycles. The third-order valence-corrected chi connectivity index (χ3v) is 4.83. The zero-order valence-electron chi connectivity index (χ0n) is 12.8. The first kappa shape index (κ1) is 20.1. The monoisotopic (exact) mass is 410 g/mol. The third kappa shape index (κ3) is 5.16. The molecule has 2 rings (SSSR count). The van der Waals surface area contributed by atoms with Crippen molar-refractivity contribution in [2.75, 3.05) is 11.9 Å². The topological polar surface area (TPSA) is 75.3 Å². The molecule has 0 unspecified atom stereocenters. The first-order valence-electron chi connectivity index (χ1n) is 6.91. The zero-order chi connectivity index (χ0) is 19.5. The lowest BCUT2D eigenvalue weighted by Crippen LogP contribution is -2.33. The van der Waals surface area contributed by atoms with Crippen LogP contribution in [-0.4, -0.2) is 20.9 Å². The Labute approximate surface area is 151 Å². The highest BCUT2D eigenvalue weighted by molar-refractivity contribution is 7.89. The molecule has 2 aromatic carbocycles. The first-order chi connectivity index (χ1) is 12.0. The average molecular weight is 411 g/mol. The van der Waals surface area contributed by atoms with Gasteiger partial charge in [-0.05, 0) is 42.5 Å². The van der Waals surface area contributed by atoms with Crippen LogP contribution in [0.1, 0.15) is 5.56 Å². The number of anilines is 1. The Hall–Kier alpha value is -2.17. The van der Waals surface area contributed by atoms with E-state index in [1.807, 2.05) is 4.72 Å². The summed E-state index contributed by atoms with van der Waals surface area (Å²) in [6, 6.07) is 6.77. The number of benzene rings is 2. The van der Waals surface area contributed by atoms with Crippen LogP contribution in [0, 0.1) is 5.82 Å². The van der Waals surface area contributed by atoms with Crippen molar-refractivity contribution in [2.24, 2.45) is 0 Å². The van der Waals surface area contributed by atoms with Gasteiger partial charge < -0.3 is 5.32 Å². The lowest BCUT2D eigenvalue weighted by molar-refractivity contribution is -0.137. The predicted octanol–water partition coefficient (Wildman–Crippen LogP) is 3.41. The maximum absolute atomic E-state index is 12.8. The van der Waals surface area contributed by atoms with E-state index in [1.54, 1.807) is 0 Å². The maximum atomic E-state index is 12.8. The van der Waals surface area contributed by atoms with Crippen molar-refractivity contribution >= 4 is 33.2 Å². The summed E-state index contributed by atoms with van der Waals surface area (Å²) in [5, 5.41) is 1.66. The van der Waals surface area contributed by atoms with Crippen molar-refractivity contribution in [1.29, 1.82) is 0 Å². The largest absolute Gasteiger partial charge is 0.417 e. The fraction of sp³-hybridized carbons (Fsp3) is 0.133. The lowest BCUT2D eigenvalue weighted by Gasteiger charge is -2.12. The van der Waals surface area contributed by atoms with Crippen molar-refractivity contribution in [2.45, 2.75) is 11.1 Å². The Morgan fingerprint density at radius 2 is 1.69 bits per heavy atom. The van der Waals surface area contributed by atoms with Crippen molar-refractivity contribution in [3.05, 3.63) is 58.9 Å². The Kier molecular flexibility index (Phi) is 5.89. The number of halogens is 5. The molecule has 1 amide bonds. The highest BCUT2D eigenvalue weighted by Crippen LogP contribution is 2.35. The van der Waals surface area contributed by atoms with Crippen LogP contribution in [-0.2, 0) is 21.0 Å². The van der Waals surface area contributed by atoms with Crippen LogP contribution >= 0.6 is 11.6 Å². The second kappa shape index (κ2) is 7.60. The van der Waals surface area contributed by atoms with Gasteiger partial charge in [0.2, 0.25) is 15.9 Å². The fourth-order valence-corrected chi connectivity index (χ4v) is 3.10. The van der Waals surface area contributed by atoms with Gasteiger partial charge >= 0.3 is 6.18 Å². The molecule has 0 bridgehead atoms. The number of sulfonamides is 1. The molecule has 0 radical (unpaired) electrons. The van der Waals surface area contributed by atoms with E-state index in [4.69, 9.17) is 11.6 Å². The minimum atomic E-state index is -4.83. The quantitative estimate of drug-likeness (QED) is 0.742. The molecule has 0 spiro atoms. The van der Waals surface area contributed by atoms with Crippen LogP contribution in [0.3, 0.4) is 0 Å². The second-order valence-corrected chi connectivity index (χ2v) is 7.19. The lowest BCUT2D eigenvalue weighted by atomic mass is 10.2. The van der Waals surface area contributed by atoms with Gasteiger partial charge in [0.15, 0.2) is 0 Å². The molecule has 0 aromatic heterocycles. The van der Waals surface area contributed by atoms with E-state index in [9.17, 15) is 30.8 Å². The molecule has 5 nitrogen and oxygen atoms in total. The van der Waals surface area contributed by atoms with E-state index < -0.39 is 50.0 Å². The molecule has 0 aliphatic carbocycles. The molecule has 140 valence electrons. The number of rotatable bonds is 5. The van der Waals surface area contributed by atoms with E-state index in [2.05, 4.69) is 5.32 Å². The molecule has 0 heterocycles. The maximum Gasteiger partial charge on any atom is 0.417 e. The Bertz CT molecular complexity index is 915. The van der Waals surface area contributed by atoms with E-state index in [1.165, 1.54) is 12.1 Å². The van der Waals surface area contributed by atoms with Crippen molar-refractivity contribution in [1.82, 2.24) is 4.72 Å². The van der Waals surface area contributed by atoms with Crippen molar-refractivity contribution < 1.29 is 30.8 Å². The molecular weight excluding hydrogens is 400 g/mol. The standard InChI is InChI=1S/C15H11ClF4N2O3S/c16-13-6-5-11(7-12(13)15(18,19)20)26(24,25)21-8-14(23)22-10-3-1-9(17)2-4-10/h1-7,21H,8H2,(H,22,23). The van der Waals surface area contributed by atoms with Gasteiger partial charge in [0, 0.05) is 5.69 Å². The second-order valence-electron chi connectivity index (χ2n) is 5.02. The SMILES string of the molecule is O=C(CNS(=O)(=O)c1ccc(Cl)c(C(F)(F)F)c1)Nc1ccc(F)cc1. The molecule has 0 atom stereocenters. The molecular formula is C15H11ClF4N2O3S. The van der Waals surface area contributed by atoms with Crippen LogP contribution in [0.25, 0.3) is 0 Å². The summed E-state index contributed by atoms with van der Waals surface area (Å²) >= 11 is 5.43. The number of hydrogen-bond acceptors (Lipinski definition) is 3. The molecule has 2 aromatic rings. The number of carbonyl (C=O) groups excluding carboxylic acids is 1. The smallest absolute Gasteiger partial charge is 0.325 e. The summed E-state index contributed by atoms with van der Waals surface area (Å²) in [7, 11) is -4.38. The van der Waals surface area contributed by atoms with Gasteiger partial charge in [-0.15, -0.1) is 0 Å². The van der Waals surface area contributed by atoms with E-state index >= 15 is 0 Å². The fourth-order valence-electron chi connectivity index (χ4n) is 1.87. The number of carbonyl (C=O) groups is 1. The van der Waals surface area contributed by atoms with Gasteiger partial charge in [-0.3, -0.25) is 4.79 Å². The summed E-state index contributed by atoms with van der Waals surface area (Å²) in [6.45, 7) is -0.732. The first-order valence-corrected chi connectivity index (χ1v) is 8.77. The molecule has 0 saturated carbocycles. The van der Waals surface area contributed by atoms with Crippen LogP contribution < -0.4 is 10.0 Å². The molecule has 11 heteroatoms. The summed E-state index contributed by atoms with van der Waals surface area (Å²) in [5.41, 5.74) is -1.08. The average Bonchev–Trinajstić information content (AvgIpc) is 2.54. The van der Waals surface area contributed by atoms with Crippen LogP contribution in [0.2, 0.25) is 5.02 Å². The summed E-state index contributed by atoms with van der Waals surface area (Å²) in [4.78, 5) is 11.0. The predicted molar refractivity (Wildman–Crippen MR) is 86.7 cm³/mol. The van der Waals surface area contributed by atoms with Gasteiger partial charge in [0.1, 0.15) is 5.82 Å². The highest BCUT2D eigenvalue weighted by Gasteiger charge is 2.34. The molecule has 0 saturated heterocycles. The summed E-state index contributed by atoms with van der Waals surface area (Å²) in [6.07, 6.45) is -4.83. The molecule has 2 N–H and O–H groups in total. The molecule has 26 heavy (non-hydrogen) atoms. The van der Waals surface area contributed by atoms with Crippen LogP contribution in [0.5, 0.6) is 0 Å². The Morgan fingerprint density at radius 1 is 1.08 bits per heavy atom. The van der Waals surface area contributed by atoms with Gasteiger partial charge in [-0.1, -0.05) is 11.6 Å². The van der Waals surface area contributed by atoms with Gasteiger partial charge in [-0.2, -0.15) is 13.2 Å². The van der Waals surface area contributed by atoms with Gasteiger partial charge in [0.25, 0.3) is 0 Å².